The van der Waals surface area contributed by atoms with Gasteiger partial charge in [0.25, 0.3) is 0 Å². The predicted molar refractivity (Wildman–Crippen MR) is 328 cm³/mol. The Morgan fingerprint density at radius 1 is 0.444 bits per heavy atom. The summed E-state index contributed by atoms with van der Waals surface area (Å²) in [5.41, 5.74) is 0. The summed E-state index contributed by atoms with van der Waals surface area (Å²) in [6.45, 7) is 2.88. The van der Waals surface area contributed by atoms with Crippen molar-refractivity contribution in [2.75, 3.05) is 19.8 Å². The average molecular weight is 1150 g/mol. The second-order valence-corrected chi connectivity index (χ2v) is 24.3. The van der Waals surface area contributed by atoms with Crippen molar-refractivity contribution in [3.8, 4) is 0 Å². The fraction of sp³-hybridized carbons (Fsp3) is 0.925. The number of aliphatic hydroxyl groups is 8. The zero-order valence-corrected chi connectivity index (χ0v) is 51.8. The van der Waals surface area contributed by atoms with Crippen molar-refractivity contribution in [1.29, 1.82) is 0 Å². The molecule has 14 nitrogen and oxygen atoms in total. The van der Waals surface area contributed by atoms with Crippen LogP contribution in [0.5, 0.6) is 0 Å². The second kappa shape index (κ2) is 52.8. The van der Waals surface area contributed by atoms with Gasteiger partial charge in [-0.3, -0.25) is 4.79 Å². The standard InChI is InChI=1S/C67H127NO13/c1-3-5-7-9-11-13-15-17-19-20-21-22-23-24-25-26-27-28-29-30-31-32-33-34-35-36-37-39-41-43-45-47-49-51-59(72)68-55(56(71)50-48-46-44-42-40-38-18-16-14-12-10-8-6-4-2)54-78-66-64(77)62(75)65(58(53-70)80-66)81-67-63(76)61(74)60(73)57(52-69)79-67/h15,17,20-21,55-58,60-67,69-71,73-77H,3-14,16,18-19,22-54H2,1-2H3,(H,68,72)/b17-15-,21-20-. The lowest BCUT2D eigenvalue weighted by Gasteiger charge is -2.46. The molecule has 0 aromatic rings. The van der Waals surface area contributed by atoms with Crippen LogP contribution in [0.3, 0.4) is 0 Å². The number of nitrogens with one attached hydrogen (secondary N) is 1. The molecule has 0 aromatic heterocycles. The number of unbranched alkanes of at least 4 members (excludes halogenated alkanes) is 39. The molecule has 2 aliphatic heterocycles. The van der Waals surface area contributed by atoms with Crippen molar-refractivity contribution in [3.63, 3.8) is 0 Å². The normalized spacial score (nSPS) is 24.2. The molecule has 0 bridgehead atoms. The SMILES string of the molecule is CCCCCCC/C=C\C/C=C\CCCCCCCCCCCCCCCCCCCCCCCC(=O)NC(COC1OC(CO)C(OC2OC(CO)C(O)C(O)C2O)C(O)C1O)C(O)CCCCCCCCCCCCCCCC. The molecule has 2 fully saturated rings. The molecule has 2 heterocycles. The first-order chi connectivity index (χ1) is 39.6. The van der Waals surface area contributed by atoms with E-state index in [0.717, 1.165) is 57.8 Å². The van der Waals surface area contributed by atoms with Gasteiger partial charge in [0.1, 0.15) is 48.8 Å². The molecule has 0 spiro atoms. The summed E-state index contributed by atoms with van der Waals surface area (Å²) in [6, 6.07) is -0.825. The van der Waals surface area contributed by atoms with Gasteiger partial charge >= 0.3 is 0 Å². The first kappa shape index (κ1) is 75.6. The zero-order chi connectivity index (χ0) is 58.8. The van der Waals surface area contributed by atoms with Crippen LogP contribution in [0.25, 0.3) is 0 Å². The van der Waals surface area contributed by atoms with Gasteiger partial charge in [0.05, 0.1) is 32.0 Å². The predicted octanol–water partition coefficient (Wildman–Crippen LogP) is 13.2. The highest BCUT2D eigenvalue weighted by Gasteiger charge is 2.51. The number of carbonyl (C=O) groups is 1. The third-order valence-corrected chi connectivity index (χ3v) is 16.9. The highest BCUT2D eigenvalue weighted by molar-refractivity contribution is 5.76. The summed E-state index contributed by atoms with van der Waals surface area (Å²) in [4.78, 5) is 13.3. The summed E-state index contributed by atoms with van der Waals surface area (Å²) in [5.74, 6) is -0.201. The maximum atomic E-state index is 13.3. The number of hydrogen-bond acceptors (Lipinski definition) is 13. The van der Waals surface area contributed by atoms with Crippen molar-refractivity contribution in [2.24, 2.45) is 0 Å². The van der Waals surface area contributed by atoms with Crippen LogP contribution in [-0.2, 0) is 23.7 Å². The molecule has 14 heteroatoms. The molecular formula is C67H127NO13. The van der Waals surface area contributed by atoms with Gasteiger partial charge in [0.2, 0.25) is 5.91 Å². The van der Waals surface area contributed by atoms with E-state index >= 15 is 0 Å². The first-order valence-corrected chi connectivity index (χ1v) is 34.1. The molecule has 9 N–H and O–H groups in total. The van der Waals surface area contributed by atoms with Crippen molar-refractivity contribution in [2.45, 2.75) is 376 Å². The summed E-state index contributed by atoms with van der Waals surface area (Å²) in [6.07, 6.45) is 47.8. The Morgan fingerprint density at radius 2 is 0.815 bits per heavy atom. The number of amides is 1. The van der Waals surface area contributed by atoms with Gasteiger partial charge in [0.15, 0.2) is 12.6 Å². The smallest absolute Gasteiger partial charge is 0.220 e. The topological polar surface area (TPSA) is 228 Å². The molecular weight excluding hydrogens is 1030 g/mol. The van der Waals surface area contributed by atoms with Crippen LogP contribution in [0.4, 0.5) is 0 Å². The summed E-state index contributed by atoms with van der Waals surface area (Å²) in [7, 11) is 0. The molecule has 81 heavy (non-hydrogen) atoms. The van der Waals surface area contributed by atoms with Gasteiger partial charge in [-0.2, -0.15) is 0 Å². The first-order valence-electron chi connectivity index (χ1n) is 34.1. The molecule has 0 radical (unpaired) electrons. The molecule has 1 amide bonds. The van der Waals surface area contributed by atoms with Crippen LogP contribution in [-0.4, -0.2) is 140 Å². The molecule has 0 aromatic carbocycles. The molecule has 0 aliphatic carbocycles. The molecule has 12 atom stereocenters. The lowest BCUT2D eigenvalue weighted by Crippen LogP contribution is -2.65. The Balaban J connectivity index is 1.60. The monoisotopic (exact) mass is 1150 g/mol. The third-order valence-electron chi connectivity index (χ3n) is 16.9. The van der Waals surface area contributed by atoms with Crippen LogP contribution >= 0.6 is 0 Å². The second-order valence-electron chi connectivity index (χ2n) is 24.3. The fourth-order valence-electron chi connectivity index (χ4n) is 11.4. The van der Waals surface area contributed by atoms with Crippen LogP contribution in [0.1, 0.15) is 303 Å². The van der Waals surface area contributed by atoms with Gasteiger partial charge < -0.3 is 65.1 Å². The summed E-state index contributed by atoms with van der Waals surface area (Å²) < 4.78 is 22.9. The molecule has 2 aliphatic rings. The Kier molecular flexibility index (Phi) is 49.2. The number of rotatable bonds is 56. The average Bonchev–Trinajstić information content (AvgIpc) is 3.47. The van der Waals surface area contributed by atoms with E-state index in [2.05, 4.69) is 43.5 Å². The van der Waals surface area contributed by atoms with Crippen molar-refractivity contribution in [3.05, 3.63) is 24.3 Å². The van der Waals surface area contributed by atoms with E-state index in [0.29, 0.717) is 12.8 Å². The van der Waals surface area contributed by atoms with Gasteiger partial charge in [-0.15, -0.1) is 0 Å². The van der Waals surface area contributed by atoms with Crippen molar-refractivity contribution < 1.29 is 64.6 Å². The fourth-order valence-corrected chi connectivity index (χ4v) is 11.4. The number of hydrogen-bond donors (Lipinski definition) is 9. The molecule has 12 unspecified atom stereocenters. The maximum Gasteiger partial charge on any atom is 0.220 e. The van der Waals surface area contributed by atoms with E-state index in [1.165, 1.54) is 218 Å². The Labute approximate surface area is 494 Å². The van der Waals surface area contributed by atoms with Gasteiger partial charge in [0, 0.05) is 6.42 Å². The minimum Gasteiger partial charge on any atom is -0.394 e. The Bertz CT molecular complexity index is 1450. The molecule has 0 saturated carbocycles. The molecule has 478 valence electrons. The number of allylic oxidation sites excluding steroid dienone is 4. The Hall–Kier alpha value is -1.53. The minimum atomic E-state index is -1.78. The van der Waals surface area contributed by atoms with E-state index in [1.807, 2.05) is 0 Å². The van der Waals surface area contributed by atoms with Crippen LogP contribution in [0, 0.1) is 0 Å². The summed E-state index contributed by atoms with van der Waals surface area (Å²) in [5, 5.41) is 87.4. The Morgan fingerprint density at radius 3 is 1.23 bits per heavy atom. The van der Waals surface area contributed by atoms with E-state index in [1.54, 1.807) is 0 Å². The van der Waals surface area contributed by atoms with E-state index in [4.69, 9.17) is 18.9 Å². The molecule has 2 rings (SSSR count). The minimum absolute atomic E-state index is 0.201. The lowest BCUT2D eigenvalue weighted by atomic mass is 9.97. The number of ether oxygens (including phenoxy) is 4. The third kappa shape index (κ3) is 37.6. The van der Waals surface area contributed by atoms with Gasteiger partial charge in [-0.25, -0.2) is 0 Å². The van der Waals surface area contributed by atoms with Gasteiger partial charge in [-0.1, -0.05) is 276 Å². The quantitative estimate of drug-likeness (QED) is 0.0204. The lowest BCUT2D eigenvalue weighted by molar-refractivity contribution is -0.359. The zero-order valence-electron chi connectivity index (χ0n) is 51.8. The van der Waals surface area contributed by atoms with Crippen molar-refractivity contribution in [1.82, 2.24) is 5.32 Å². The van der Waals surface area contributed by atoms with Crippen LogP contribution in [0.2, 0.25) is 0 Å². The maximum absolute atomic E-state index is 13.3. The van der Waals surface area contributed by atoms with E-state index < -0.39 is 86.8 Å². The number of aliphatic hydroxyl groups excluding tert-OH is 8. The van der Waals surface area contributed by atoms with Crippen molar-refractivity contribution >= 4 is 5.91 Å². The largest absolute Gasteiger partial charge is 0.394 e. The number of carbonyl (C=O) groups excluding carboxylic acids is 1. The highest BCUT2D eigenvalue weighted by Crippen LogP contribution is 2.30. The highest BCUT2D eigenvalue weighted by atomic mass is 16.7. The summed E-state index contributed by atoms with van der Waals surface area (Å²) >= 11 is 0. The molecule has 2 saturated heterocycles. The van der Waals surface area contributed by atoms with Gasteiger partial charge in [-0.05, 0) is 44.9 Å². The van der Waals surface area contributed by atoms with E-state index in [9.17, 15) is 45.6 Å². The van der Waals surface area contributed by atoms with Crippen LogP contribution in [0.15, 0.2) is 24.3 Å². The van der Waals surface area contributed by atoms with Crippen LogP contribution < -0.4 is 5.32 Å². The van der Waals surface area contributed by atoms with E-state index in [-0.39, 0.29) is 12.5 Å².